The average Bonchev–Trinajstić information content (AvgIpc) is 2.78. The molecular weight excluding hydrogens is 200 g/mol. The van der Waals surface area contributed by atoms with Crippen molar-refractivity contribution in [1.82, 2.24) is 10.2 Å². The molecule has 1 aliphatic carbocycles. The average molecular weight is 226 g/mol. The maximum absolute atomic E-state index is 5.27. The SMILES string of the molecule is CNC1CCCCC1N1CCC(COC)C1. The number of hydrogen-bond acceptors (Lipinski definition) is 3. The van der Waals surface area contributed by atoms with Gasteiger partial charge in [-0.15, -0.1) is 0 Å². The van der Waals surface area contributed by atoms with Gasteiger partial charge in [0.15, 0.2) is 0 Å². The lowest BCUT2D eigenvalue weighted by atomic mass is 9.89. The van der Waals surface area contributed by atoms with Crippen LogP contribution in [0.2, 0.25) is 0 Å². The summed E-state index contributed by atoms with van der Waals surface area (Å²) in [5.74, 6) is 0.768. The molecule has 2 fully saturated rings. The van der Waals surface area contributed by atoms with Crippen LogP contribution in [0.25, 0.3) is 0 Å². The van der Waals surface area contributed by atoms with Gasteiger partial charge in [-0.05, 0) is 38.8 Å². The third kappa shape index (κ3) is 2.76. The van der Waals surface area contributed by atoms with Gasteiger partial charge in [-0.2, -0.15) is 0 Å². The van der Waals surface area contributed by atoms with Gasteiger partial charge in [0.25, 0.3) is 0 Å². The Kier molecular flexibility index (Phi) is 4.62. The highest BCUT2D eigenvalue weighted by Crippen LogP contribution is 2.28. The van der Waals surface area contributed by atoms with E-state index in [2.05, 4.69) is 17.3 Å². The minimum atomic E-state index is 0.718. The maximum atomic E-state index is 5.27. The van der Waals surface area contributed by atoms with Crippen LogP contribution in [0.5, 0.6) is 0 Å². The number of likely N-dealkylation sites (N-methyl/N-ethyl adjacent to an activating group) is 1. The lowest BCUT2D eigenvalue weighted by Gasteiger charge is -2.38. The molecule has 3 unspecified atom stereocenters. The summed E-state index contributed by atoms with van der Waals surface area (Å²) >= 11 is 0. The van der Waals surface area contributed by atoms with E-state index in [1.165, 1.54) is 45.2 Å². The number of methoxy groups -OCH3 is 1. The molecule has 16 heavy (non-hydrogen) atoms. The fourth-order valence-corrected chi connectivity index (χ4v) is 3.42. The third-order valence-corrected chi connectivity index (χ3v) is 4.29. The van der Waals surface area contributed by atoms with Crippen molar-refractivity contribution in [1.29, 1.82) is 0 Å². The molecule has 3 heteroatoms. The molecule has 3 nitrogen and oxygen atoms in total. The molecule has 1 heterocycles. The van der Waals surface area contributed by atoms with Crippen molar-refractivity contribution in [2.24, 2.45) is 5.92 Å². The first kappa shape index (κ1) is 12.3. The highest BCUT2D eigenvalue weighted by Gasteiger charge is 2.33. The number of hydrogen-bond donors (Lipinski definition) is 1. The molecule has 0 radical (unpaired) electrons. The van der Waals surface area contributed by atoms with E-state index in [9.17, 15) is 0 Å². The summed E-state index contributed by atoms with van der Waals surface area (Å²) in [6, 6.07) is 1.50. The number of nitrogens with one attached hydrogen (secondary N) is 1. The Morgan fingerprint density at radius 3 is 2.81 bits per heavy atom. The van der Waals surface area contributed by atoms with Crippen LogP contribution < -0.4 is 5.32 Å². The van der Waals surface area contributed by atoms with Crippen molar-refractivity contribution in [2.75, 3.05) is 33.9 Å². The van der Waals surface area contributed by atoms with E-state index in [1.54, 1.807) is 0 Å². The minimum absolute atomic E-state index is 0.718. The lowest BCUT2D eigenvalue weighted by Crippen LogP contribution is -2.50. The molecule has 1 saturated carbocycles. The monoisotopic (exact) mass is 226 g/mol. The van der Waals surface area contributed by atoms with E-state index in [-0.39, 0.29) is 0 Å². The van der Waals surface area contributed by atoms with E-state index >= 15 is 0 Å². The van der Waals surface area contributed by atoms with Crippen LogP contribution in [0, 0.1) is 5.92 Å². The van der Waals surface area contributed by atoms with Crippen LogP contribution in [0.15, 0.2) is 0 Å². The minimum Gasteiger partial charge on any atom is -0.384 e. The zero-order chi connectivity index (χ0) is 11.4. The summed E-state index contributed by atoms with van der Waals surface area (Å²) in [4.78, 5) is 2.70. The Labute approximate surface area is 99.5 Å². The van der Waals surface area contributed by atoms with E-state index in [0.29, 0.717) is 0 Å². The molecular formula is C13H26N2O. The van der Waals surface area contributed by atoms with Crippen LogP contribution in [0.1, 0.15) is 32.1 Å². The van der Waals surface area contributed by atoms with Gasteiger partial charge in [-0.25, -0.2) is 0 Å². The number of likely N-dealkylation sites (tertiary alicyclic amines) is 1. The standard InChI is InChI=1S/C13H26N2O/c1-14-12-5-3-4-6-13(12)15-8-7-11(9-15)10-16-2/h11-14H,3-10H2,1-2H3. The fraction of sp³-hybridized carbons (Fsp3) is 1.00. The second-order valence-corrected chi connectivity index (χ2v) is 5.35. The van der Waals surface area contributed by atoms with Gasteiger partial charge in [0.2, 0.25) is 0 Å². The Morgan fingerprint density at radius 1 is 1.25 bits per heavy atom. The Hall–Kier alpha value is -0.120. The van der Waals surface area contributed by atoms with Crippen LogP contribution in [-0.2, 0) is 4.74 Å². The molecule has 1 N–H and O–H groups in total. The maximum Gasteiger partial charge on any atom is 0.0503 e. The first-order valence-electron chi connectivity index (χ1n) is 6.75. The van der Waals surface area contributed by atoms with Crippen molar-refractivity contribution in [2.45, 2.75) is 44.2 Å². The predicted octanol–water partition coefficient (Wildman–Crippen LogP) is 1.49. The first-order valence-corrected chi connectivity index (χ1v) is 6.75. The van der Waals surface area contributed by atoms with Crippen LogP contribution >= 0.6 is 0 Å². The Morgan fingerprint density at radius 2 is 2.06 bits per heavy atom. The number of nitrogens with zero attached hydrogens (tertiary/aromatic N) is 1. The van der Waals surface area contributed by atoms with Gasteiger partial charge in [0, 0.05) is 25.7 Å². The molecule has 2 rings (SSSR count). The second kappa shape index (κ2) is 5.99. The molecule has 0 aromatic carbocycles. The summed E-state index contributed by atoms with van der Waals surface area (Å²) in [7, 11) is 3.94. The molecule has 0 bridgehead atoms. The van der Waals surface area contributed by atoms with Gasteiger partial charge < -0.3 is 10.1 Å². The molecule has 1 aliphatic heterocycles. The van der Waals surface area contributed by atoms with E-state index < -0.39 is 0 Å². The van der Waals surface area contributed by atoms with E-state index in [1.807, 2.05) is 7.11 Å². The van der Waals surface area contributed by atoms with Crippen LogP contribution in [0.3, 0.4) is 0 Å². The van der Waals surface area contributed by atoms with Gasteiger partial charge in [0.1, 0.15) is 0 Å². The van der Waals surface area contributed by atoms with Crippen LogP contribution in [0.4, 0.5) is 0 Å². The van der Waals surface area contributed by atoms with Crippen molar-refractivity contribution < 1.29 is 4.74 Å². The van der Waals surface area contributed by atoms with Crippen molar-refractivity contribution in [3.05, 3.63) is 0 Å². The molecule has 3 atom stereocenters. The zero-order valence-corrected chi connectivity index (χ0v) is 10.7. The van der Waals surface area contributed by atoms with Crippen molar-refractivity contribution in [3.8, 4) is 0 Å². The molecule has 0 aromatic rings. The summed E-state index contributed by atoms with van der Waals surface area (Å²) in [6.07, 6.45) is 6.87. The van der Waals surface area contributed by atoms with E-state index in [0.717, 1.165) is 24.6 Å². The third-order valence-electron chi connectivity index (χ3n) is 4.29. The second-order valence-electron chi connectivity index (χ2n) is 5.35. The molecule has 0 aromatic heterocycles. The summed E-state index contributed by atoms with van der Waals surface area (Å²) in [5, 5.41) is 3.50. The molecule has 0 amide bonds. The van der Waals surface area contributed by atoms with Crippen molar-refractivity contribution >= 4 is 0 Å². The number of ether oxygens (including phenoxy) is 1. The summed E-state index contributed by atoms with van der Waals surface area (Å²) < 4.78 is 5.27. The van der Waals surface area contributed by atoms with Crippen LogP contribution in [-0.4, -0.2) is 50.8 Å². The quantitative estimate of drug-likeness (QED) is 0.786. The summed E-state index contributed by atoms with van der Waals surface area (Å²) in [6.45, 7) is 3.46. The molecule has 1 saturated heterocycles. The lowest BCUT2D eigenvalue weighted by molar-refractivity contribution is 0.125. The molecule has 2 aliphatic rings. The predicted molar refractivity (Wildman–Crippen MR) is 66.7 cm³/mol. The highest BCUT2D eigenvalue weighted by molar-refractivity contribution is 4.90. The largest absolute Gasteiger partial charge is 0.384 e. The normalized spacial score (nSPS) is 36.8. The fourth-order valence-electron chi connectivity index (χ4n) is 3.42. The smallest absolute Gasteiger partial charge is 0.0503 e. The van der Waals surface area contributed by atoms with E-state index in [4.69, 9.17) is 4.74 Å². The zero-order valence-electron chi connectivity index (χ0n) is 10.7. The highest BCUT2D eigenvalue weighted by atomic mass is 16.5. The van der Waals surface area contributed by atoms with Gasteiger partial charge >= 0.3 is 0 Å². The summed E-state index contributed by atoms with van der Waals surface area (Å²) in [5.41, 5.74) is 0. The topological polar surface area (TPSA) is 24.5 Å². The molecule has 94 valence electrons. The van der Waals surface area contributed by atoms with Crippen molar-refractivity contribution in [3.63, 3.8) is 0 Å². The van der Waals surface area contributed by atoms with Gasteiger partial charge in [-0.1, -0.05) is 12.8 Å². The van der Waals surface area contributed by atoms with Gasteiger partial charge in [-0.3, -0.25) is 4.90 Å². The first-order chi connectivity index (χ1) is 7.85. The van der Waals surface area contributed by atoms with Gasteiger partial charge in [0.05, 0.1) is 6.61 Å². The Bertz CT molecular complexity index is 210. The Balaban J connectivity index is 1.86. The number of rotatable bonds is 4. The molecule has 0 spiro atoms.